The molecule has 1 fully saturated rings. The number of aliphatic hydroxyl groups excluding tert-OH is 5. The van der Waals surface area contributed by atoms with Crippen molar-refractivity contribution < 1.29 is 39.8 Å². The molecular formula is C66H127NO8. The third-order valence-corrected chi connectivity index (χ3v) is 16.0. The Kier molecular flexibility index (Phi) is 53.5. The Bertz CT molecular complexity index is 1230. The van der Waals surface area contributed by atoms with Crippen LogP contribution in [0, 0.1) is 0 Å². The number of aliphatic hydroxyl groups is 5. The molecule has 6 N–H and O–H groups in total. The second-order valence-corrected chi connectivity index (χ2v) is 23.3. The van der Waals surface area contributed by atoms with Crippen LogP contribution in [0.2, 0.25) is 0 Å². The fraction of sp³-hybridized carbons (Fsp3) is 0.924. The monoisotopic (exact) mass is 1060 g/mol. The molecular weight excluding hydrogens is 935 g/mol. The molecule has 0 spiro atoms. The van der Waals surface area contributed by atoms with E-state index in [1.54, 1.807) is 6.08 Å². The first-order chi connectivity index (χ1) is 36.8. The van der Waals surface area contributed by atoms with Crippen molar-refractivity contribution in [3.8, 4) is 0 Å². The molecule has 0 saturated carbocycles. The van der Waals surface area contributed by atoms with Crippen LogP contribution < -0.4 is 5.32 Å². The zero-order valence-electron chi connectivity index (χ0n) is 49.6. The van der Waals surface area contributed by atoms with E-state index in [-0.39, 0.29) is 12.5 Å². The lowest BCUT2D eigenvalue weighted by Crippen LogP contribution is -2.60. The standard InChI is InChI=1S/C66H127NO8/c1-3-5-7-9-11-13-15-17-19-20-21-22-23-24-25-26-27-28-29-30-31-32-33-34-35-36-37-38-39-40-42-44-46-48-50-52-54-56-62(70)67-59(58-74-66-65(73)64(72)63(71)61(57-68)75-66)60(69)55-53-51-49-47-45-43-41-18-16-14-12-10-8-6-4-2/h20-21,53,55,59-61,63-66,68-69,71-73H,3-19,22-52,54,56-58H2,1-2H3,(H,67,70)/b21-20-,55-53+. The van der Waals surface area contributed by atoms with E-state index < -0.39 is 49.5 Å². The molecule has 0 bridgehead atoms. The number of hydrogen-bond donors (Lipinski definition) is 6. The van der Waals surface area contributed by atoms with Crippen LogP contribution in [0.15, 0.2) is 24.3 Å². The molecule has 0 aliphatic carbocycles. The Labute approximate surface area is 464 Å². The summed E-state index contributed by atoms with van der Waals surface area (Å²) in [5.74, 6) is -0.170. The van der Waals surface area contributed by atoms with Crippen molar-refractivity contribution in [2.45, 2.75) is 378 Å². The summed E-state index contributed by atoms with van der Waals surface area (Å²) in [5.41, 5.74) is 0. The van der Waals surface area contributed by atoms with Crippen molar-refractivity contribution >= 4 is 5.91 Å². The maximum absolute atomic E-state index is 13.1. The van der Waals surface area contributed by atoms with Gasteiger partial charge in [0, 0.05) is 6.42 Å². The second kappa shape index (κ2) is 56.0. The highest BCUT2D eigenvalue weighted by Gasteiger charge is 2.44. The maximum Gasteiger partial charge on any atom is 0.220 e. The number of carbonyl (C=O) groups is 1. The van der Waals surface area contributed by atoms with E-state index in [1.807, 2.05) is 6.08 Å². The average Bonchev–Trinajstić information content (AvgIpc) is 3.41. The lowest BCUT2D eigenvalue weighted by atomic mass is 9.99. The van der Waals surface area contributed by atoms with Gasteiger partial charge in [0.15, 0.2) is 6.29 Å². The summed E-state index contributed by atoms with van der Waals surface area (Å²) in [6.07, 6.45) is 65.8. The van der Waals surface area contributed by atoms with Gasteiger partial charge in [-0.2, -0.15) is 0 Å². The summed E-state index contributed by atoms with van der Waals surface area (Å²) in [6.45, 7) is 3.81. The summed E-state index contributed by atoms with van der Waals surface area (Å²) >= 11 is 0. The van der Waals surface area contributed by atoms with Gasteiger partial charge in [0.25, 0.3) is 0 Å². The van der Waals surface area contributed by atoms with E-state index in [2.05, 4.69) is 31.3 Å². The molecule has 1 saturated heterocycles. The van der Waals surface area contributed by atoms with Gasteiger partial charge in [0.1, 0.15) is 24.4 Å². The Hall–Kier alpha value is -1.33. The predicted octanol–water partition coefficient (Wildman–Crippen LogP) is 17.3. The molecule has 0 aromatic heterocycles. The van der Waals surface area contributed by atoms with Crippen molar-refractivity contribution in [3.05, 3.63) is 24.3 Å². The van der Waals surface area contributed by atoms with Gasteiger partial charge in [0.2, 0.25) is 5.91 Å². The highest BCUT2D eigenvalue weighted by Crippen LogP contribution is 2.23. The van der Waals surface area contributed by atoms with Crippen molar-refractivity contribution in [2.24, 2.45) is 0 Å². The molecule has 1 amide bonds. The third-order valence-electron chi connectivity index (χ3n) is 16.0. The van der Waals surface area contributed by atoms with Gasteiger partial charge in [0.05, 0.1) is 25.4 Å². The summed E-state index contributed by atoms with van der Waals surface area (Å²) in [4.78, 5) is 13.1. The normalized spacial score (nSPS) is 18.9. The first-order valence-corrected chi connectivity index (χ1v) is 33.1. The number of hydrogen-bond acceptors (Lipinski definition) is 8. The molecule has 0 radical (unpaired) electrons. The number of unbranched alkanes of at least 4 members (excludes halogenated alkanes) is 46. The van der Waals surface area contributed by atoms with Gasteiger partial charge in [-0.15, -0.1) is 0 Å². The van der Waals surface area contributed by atoms with Crippen LogP contribution in [-0.4, -0.2) is 87.5 Å². The molecule has 444 valence electrons. The first-order valence-electron chi connectivity index (χ1n) is 33.1. The van der Waals surface area contributed by atoms with Crippen molar-refractivity contribution in [2.75, 3.05) is 13.2 Å². The highest BCUT2D eigenvalue weighted by molar-refractivity contribution is 5.76. The van der Waals surface area contributed by atoms with Crippen molar-refractivity contribution in [1.29, 1.82) is 0 Å². The van der Waals surface area contributed by atoms with Crippen LogP contribution in [0.3, 0.4) is 0 Å². The van der Waals surface area contributed by atoms with Gasteiger partial charge in [-0.3, -0.25) is 4.79 Å². The molecule has 9 heteroatoms. The minimum Gasteiger partial charge on any atom is -0.394 e. The number of amides is 1. The number of carbonyl (C=O) groups excluding carboxylic acids is 1. The predicted molar refractivity (Wildman–Crippen MR) is 318 cm³/mol. The Balaban J connectivity index is 2.05. The van der Waals surface area contributed by atoms with Gasteiger partial charge in [-0.05, 0) is 44.9 Å². The Morgan fingerprint density at radius 2 is 0.747 bits per heavy atom. The van der Waals surface area contributed by atoms with Gasteiger partial charge < -0.3 is 40.3 Å². The number of allylic oxidation sites excluding steroid dienone is 3. The van der Waals surface area contributed by atoms with Gasteiger partial charge in [-0.25, -0.2) is 0 Å². The number of ether oxygens (including phenoxy) is 2. The highest BCUT2D eigenvalue weighted by atomic mass is 16.7. The fourth-order valence-electron chi connectivity index (χ4n) is 10.8. The summed E-state index contributed by atoms with van der Waals surface area (Å²) < 4.78 is 11.3. The molecule has 1 heterocycles. The number of rotatable bonds is 58. The maximum atomic E-state index is 13.1. The van der Waals surface area contributed by atoms with E-state index in [1.165, 1.54) is 276 Å². The van der Waals surface area contributed by atoms with Crippen molar-refractivity contribution in [1.82, 2.24) is 5.32 Å². The molecule has 1 rings (SSSR count). The molecule has 0 aromatic rings. The van der Waals surface area contributed by atoms with Crippen LogP contribution in [0.5, 0.6) is 0 Å². The molecule has 75 heavy (non-hydrogen) atoms. The fourth-order valence-corrected chi connectivity index (χ4v) is 10.8. The molecule has 0 aromatic carbocycles. The topological polar surface area (TPSA) is 149 Å². The third kappa shape index (κ3) is 45.1. The minimum absolute atomic E-state index is 0.170. The van der Waals surface area contributed by atoms with Crippen LogP contribution in [-0.2, 0) is 14.3 Å². The zero-order valence-corrected chi connectivity index (χ0v) is 49.6. The van der Waals surface area contributed by atoms with Crippen LogP contribution >= 0.6 is 0 Å². The summed E-state index contributed by atoms with van der Waals surface area (Å²) in [6, 6.07) is -0.801. The Morgan fingerprint density at radius 1 is 0.440 bits per heavy atom. The van der Waals surface area contributed by atoms with E-state index in [9.17, 15) is 30.3 Å². The first kappa shape index (κ1) is 71.7. The molecule has 1 aliphatic heterocycles. The molecule has 9 nitrogen and oxygen atoms in total. The van der Waals surface area contributed by atoms with E-state index in [0.29, 0.717) is 6.42 Å². The van der Waals surface area contributed by atoms with Crippen molar-refractivity contribution in [3.63, 3.8) is 0 Å². The molecule has 7 unspecified atom stereocenters. The van der Waals surface area contributed by atoms with Crippen LogP contribution in [0.4, 0.5) is 0 Å². The van der Waals surface area contributed by atoms with Crippen LogP contribution in [0.1, 0.15) is 335 Å². The second-order valence-electron chi connectivity index (χ2n) is 23.3. The zero-order chi connectivity index (χ0) is 54.3. The largest absolute Gasteiger partial charge is 0.394 e. The number of nitrogens with one attached hydrogen (secondary N) is 1. The quantitative estimate of drug-likeness (QED) is 0.0261. The lowest BCUT2D eigenvalue weighted by molar-refractivity contribution is -0.302. The SMILES string of the molecule is CCCCCCCCCC/C=C\CCCCCCCCCCCCCCCCCCCCCCCCCCCC(=O)NC(COC1OC(CO)C(O)C(O)C1O)C(O)/C=C/CCCCCCCCCCCCCCC. The van der Waals surface area contributed by atoms with E-state index in [4.69, 9.17) is 9.47 Å². The van der Waals surface area contributed by atoms with E-state index >= 15 is 0 Å². The lowest BCUT2D eigenvalue weighted by Gasteiger charge is -2.40. The smallest absolute Gasteiger partial charge is 0.220 e. The van der Waals surface area contributed by atoms with E-state index in [0.717, 1.165) is 38.5 Å². The van der Waals surface area contributed by atoms with Gasteiger partial charge in [-0.1, -0.05) is 308 Å². The minimum atomic E-state index is -1.56. The van der Waals surface area contributed by atoms with Crippen LogP contribution in [0.25, 0.3) is 0 Å². The molecule has 1 aliphatic rings. The summed E-state index contributed by atoms with van der Waals surface area (Å²) in [7, 11) is 0. The Morgan fingerprint density at radius 3 is 1.08 bits per heavy atom. The van der Waals surface area contributed by atoms with Gasteiger partial charge >= 0.3 is 0 Å². The average molecular weight is 1060 g/mol. The molecule has 7 atom stereocenters. The summed E-state index contributed by atoms with van der Waals surface area (Å²) in [5, 5.41) is 54.5.